The summed E-state index contributed by atoms with van der Waals surface area (Å²) in [5, 5.41) is 7.09. The molecule has 0 N–H and O–H groups in total. The summed E-state index contributed by atoms with van der Waals surface area (Å²) in [5.41, 5.74) is 1.45. The molecule has 0 unspecified atom stereocenters. The van der Waals surface area contributed by atoms with Gasteiger partial charge in [0.25, 0.3) is 0 Å². The van der Waals surface area contributed by atoms with Gasteiger partial charge < -0.3 is 4.74 Å². The van der Waals surface area contributed by atoms with Gasteiger partial charge in [-0.2, -0.15) is 0 Å². The molecule has 0 aromatic heterocycles. The van der Waals surface area contributed by atoms with Crippen LogP contribution in [0, 0.1) is 5.92 Å². The van der Waals surface area contributed by atoms with E-state index in [0.29, 0.717) is 18.6 Å². The van der Waals surface area contributed by atoms with Gasteiger partial charge in [-0.3, -0.25) is 0 Å². The highest BCUT2D eigenvalue weighted by atomic mass is 32.1. The molecule has 0 bridgehead atoms. The van der Waals surface area contributed by atoms with Crippen LogP contribution in [0.1, 0.15) is 69.8 Å². The van der Waals surface area contributed by atoms with E-state index >= 15 is 0 Å². The molecule has 0 amide bonds. The van der Waals surface area contributed by atoms with Crippen LogP contribution in [0.5, 0.6) is 5.75 Å². The molecule has 1 fully saturated rings. The number of nitrogens with zero attached hydrogens (tertiary/aromatic N) is 3. The third kappa shape index (κ3) is 8.05. The first-order valence-electron chi connectivity index (χ1n) is 10.7. The largest absolute Gasteiger partial charge is 0.494 e. The van der Waals surface area contributed by atoms with Crippen LogP contribution >= 0.6 is 36.7 Å². The second-order valence-corrected chi connectivity index (χ2v) is 11.0. The molecular weight excluding hydrogens is 447 g/mol. The van der Waals surface area contributed by atoms with Gasteiger partial charge in [0.1, 0.15) is 5.75 Å². The standard InChI is InChI=1S/C22H29N3OS3Si/c1-2-5-19-6-8-20(9-7-19)21-10-12-22(13-11-21)26-14-3-4-15-30(23-16-27,24-17-28)25-18-29/h10-13,19-20H,2-9,14-15H2,1H3/t19-,20-. The van der Waals surface area contributed by atoms with Crippen LogP contribution in [0.2, 0.25) is 6.04 Å². The van der Waals surface area contributed by atoms with Crippen molar-refractivity contribution in [3.63, 3.8) is 0 Å². The monoisotopic (exact) mass is 475 g/mol. The third-order valence-electron chi connectivity index (χ3n) is 5.74. The van der Waals surface area contributed by atoms with Crippen molar-refractivity contribution in [2.45, 2.75) is 70.3 Å². The van der Waals surface area contributed by atoms with Crippen LogP contribution in [0.4, 0.5) is 0 Å². The Morgan fingerprint density at radius 3 is 2.07 bits per heavy atom. The summed E-state index contributed by atoms with van der Waals surface area (Å²) in [4.78, 5) is 0. The Hall–Kier alpha value is -1.36. The number of unbranched alkanes of at least 4 members (excludes halogenated alkanes) is 1. The number of hydrogen-bond donors (Lipinski definition) is 0. The average molecular weight is 476 g/mol. The van der Waals surface area contributed by atoms with E-state index in [1.54, 1.807) is 0 Å². The normalized spacial score (nSPS) is 20.0. The topological polar surface area (TPSA) is 46.3 Å². The van der Waals surface area contributed by atoms with Gasteiger partial charge in [0, 0.05) is 6.04 Å². The maximum Gasteiger partial charge on any atom is 0.461 e. The molecule has 2 rings (SSSR count). The van der Waals surface area contributed by atoms with Gasteiger partial charge in [-0.1, -0.05) is 31.9 Å². The van der Waals surface area contributed by atoms with Gasteiger partial charge in [-0.05, 0) is 105 Å². The first-order valence-corrected chi connectivity index (χ1v) is 13.9. The maximum absolute atomic E-state index is 5.91. The van der Waals surface area contributed by atoms with Crippen molar-refractivity contribution in [3.8, 4) is 5.75 Å². The lowest BCUT2D eigenvalue weighted by Crippen LogP contribution is -2.27. The van der Waals surface area contributed by atoms with Gasteiger partial charge in [0.05, 0.1) is 22.1 Å². The Morgan fingerprint density at radius 2 is 1.53 bits per heavy atom. The fourth-order valence-electron chi connectivity index (χ4n) is 4.15. The predicted molar refractivity (Wildman–Crippen MR) is 136 cm³/mol. The number of rotatable bonds is 12. The van der Waals surface area contributed by atoms with Crippen LogP contribution < -0.4 is 4.74 Å². The van der Waals surface area contributed by atoms with Gasteiger partial charge >= 0.3 is 8.56 Å². The third-order valence-corrected chi connectivity index (χ3v) is 8.94. The molecule has 4 nitrogen and oxygen atoms in total. The molecule has 1 saturated carbocycles. The van der Waals surface area contributed by atoms with Crippen LogP contribution in [0.25, 0.3) is 0 Å². The number of isothiocyanates is 3. The molecule has 0 atom stereocenters. The molecule has 1 aliphatic carbocycles. The molecule has 0 saturated heterocycles. The number of hydrogen-bond acceptors (Lipinski definition) is 7. The summed E-state index contributed by atoms with van der Waals surface area (Å²) in [6, 6.07) is 9.28. The van der Waals surface area contributed by atoms with Crippen molar-refractivity contribution in [2.75, 3.05) is 6.61 Å². The first-order chi connectivity index (χ1) is 14.7. The molecule has 160 valence electrons. The van der Waals surface area contributed by atoms with Gasteiger partial charge in [0.15, 0.2) is 0 Å². The summed E-state index contributed by atoms with van der Waals surface area (Å²) in [7, 11) is -2.79. The SMILES string of the molecule is CCC[C@H]1CC[C@H](c2ccc(OCCCC[Si](N=C=S)(N=C=S)N=C=S)cc2)CC1. The summed E-state index contributed by atoms with van der Waals surface area (Å²) in [5.74, 6) is 2.55. The minimum absolute atomic E-state index is 0.621. The van der Waals surface area contributed by atoms with E-state index in [1.165, 1.54) is 44.1 Å². The Morgan fingerprint density at radius 1 is 0.933 bits per heavy atom. The fourth-order valence-corrected chi connectivity index (χ4v) is 7.11. The molecule has 1 aromatic carbocycles. The average Bonchev–Trinajstić information content (AvgIpc) is 2.75. The molecule has 8 heteroatoms. The Kier molecular flexibility index (Phi) is 11.5. The highest BCUT2D eigenvalue weighted by molar-refractivity contribution is 7.78. The Balaban J connectivity index is 1.77. The van der Waals surface area contributed by atoms with Crippen molar-refractivity contribution in [2.24, 2.45) is 19.9 Å². The lowest BCUT2D eigenvalue weighted by Gasteiger charge is -2.28. The van der Waals surface area contributed by atoms with E-state index < -0.39 is 8.56 Å². The van der Waals surface area contributed by atoms with E-state index in [9.17, 15) is 0 Å². The molecule has 1 aromatic rings. The second kappa shape index (κ2) is 13.8. The van der Waals surface area contributed by atoms with E-state index in [4.69, 9.17) is 41.4 Å². The van der Waals surface area contributed by atoms with Crippen molar-refractivity contribution in [1.82, 2.24) is 0 Å². The molecule has 0 spiro atoms. The van der Waals surface area contributed by atoms with Crippen LogP contribution in [-0.4, -0.2) is 30.6 Å². The zero-order valence-electron chi connectivity index (χ0n) is 17.5. The Bertz CT molecular complexity index is 760. The van der Waals surface area contributed by atoms with Crippen LogP contribution in [-0.2, 0) is 0 Å². The summed E-state index contributed by atoms with van der Waals surface area (Å²) >= 11 is 14.2. The second-order valence-electron chi connectivity index (χ2n) is 7.76. The van der Waals surface area contributed by atoms with Gasteiger partial charge in [-0.15, -0.1) is 0 Å². The molecule has 1 aliphatic rings. The minimum Gasteiger partial charge on any atom is -0.494 e. The fraction of sp³-hybridized carbons (Fsp3) is 0.591. The lowest BCUT2D eigenvalue weighted by atomic mass is 9.77. The molecule has 30 heavy (non-hydrogen) atoms. The summed E-state index contributed by atoms with van der Waals surface area (Å²) in [6.07, 6.45) is 9.74. The van der Waals surface area contributed by atoms with Crippen molar-refractivity contribution < 1.29 is 4.74 Å². The predicted octanol–water partition coefficient (Wildman–Crippen LogP) is 7.17. The van der Waals surface area contributed by atoms with Crippen LogP contribution in [0.3, 0.4) is 0 Å². The lowest BCUT2D eigenvalue weighted by molar-refractivity contribution is 0.304. The van der Waals surface area contributed by atoms with Crippen molar-refractivity contribution in [1.29, 1.82) is 0 Å². The van der Waals surface area contributed by atoms with E-state index in [1.807, 2.05) is 0 Å². The molecule has 0 heterocycles. The number of thiocarbonyl (C=S) groups is 3. The molecular formula is C22H29N3OS3Si. The van der Waals surface area contributed by atoms with Gasteiger partial charge in [-0.25, -0.2) is 14.0 Å². The summed E-state index contributed by atoms with van der Waals surface area (Å²) < 4.78 is 18.3. The maximum atomic E-state index is 5.91. The van der Waals surface area contributed by atoms with Crippen molar-refractivity contribution in [3.05, 3.63) is 29.8 Å². The summed E-state index contributed by atoms with van der Waals surface area (Å²) in [6.45, 7) is 2.91. The van der Waals surface area contributed by atoms with Crippen molar-refractivity contribution >= 4 is 60.7 Å². The first kappa shape index (κ1) is 24.9. The number of benzene rings is 1. The van der Waals surface area contributed by atoms with Crippen LogP contribution in [0.15, 0.2) is 38.2 Å². The molecule has 0 radical (unpaired) electrons. The zero-order chi connectivity index (χ0) is 21.7. The van der Waals surface area contributed by atoms with Gasteiger partial charge in [0.2, 0.25) is 0 Å². The highest BCUT2D eigenvalue weighted by Crippen LogP contribution is 2.37. The Labute approximate surface area is 197 Å². The zero-order valence-corrected chi connectivity index (χ0v) is 21.0. The minimum atomic E-state index is -2.79. The van der Waals surface area contributed by atoms with E-state index in [-0.39, 0.29) is 0 Å². The quantitative estimate of drug-likeness (QED) is 0.139. The number of ether oxygens (including phenoxy) is 1. The smallest absolute Gasteiger partial charge is 0.461 e. The van der Waals surface area contributed by atoms with E-state index in [2.05, 4.69) is 60.6 Å². The molecule has 0 aliphatic heterocycles. The van der Waals surface area contributed by atoms with E-state index in [0.717, 1.165) is 24.5 Å². The highest BCUT2D eigenvalue weighted by Gasteiger charge is 2.33.